The Hall–Kier alpha value is -1.89. The molecule has 0 saturated carbocycles. The first kappa shape index (κ1) is 23.4. The standard InChI is InChI=1S/C22H29N3O2S.ClH/c1-16(23)20-11-2-3-13-25(20)22(27)17-7-4-8-18(15-17)24-21(26)12-5-9-19-10-6-14-28-19;/h4,6-8,10,14-16,20H,2-3,5,9,11-13,23H2,1H3,(H,24,26);1H. The average Bonchev–Trinajstić information content (AvgIpc) is 3.21. The predicted octanol–water partition coefficient (Wildman–Crippen LogP) is 4.47. The van der Waals surface area contributed by atoms with E-state index < -0.39 is 0 Å². The van der Waals surface area contributed by atoms with Gasteiger partial charge in [0.05, 0.1) is 0 Å². The van der Waals surface area contributed by atoms with Crippen molar-refractivity contribution in [3.63, 3.8) is 0 Å². The second-order valence-corrected chi connectivity index (χ2v) is 8.51. The van der Waals surface area contributed by atoms with Crippen molar-refractivity contribution in [1.82, 2.24) is 4.90 Å². The van der Waals surface area contributed by atoms with E-state index in [1.807, 2.05) is 36.1 Å². The lowest BCUT2D eigenvalue weighted by atomic mass is 9.96. The van der Waals surface area contributed by atoms with Gasteiger partial charge in [-0.15, -0.1) is 23.7 Å². The molecule has 2 atom stereocenters. The van der Waals surface area contributed by atoms with Crippen LogP contribution in [0, 0.1) is 0 Å². The van der Waals surface area contributed by atoms with Crippen LogP contribution in [0.1, 0.15) is 54.3 Å². The first-order valence-corrected chi connectivity index (χ1v) is 10.9. The second-order valence-electron chi connectivity index (χ2n) is 7.48. The Morgan fingerprint density at radius 2 is 2.10 bits per heavy atom. The van der Waals surface area contributed by atoms with Gasteiger partial charge in [0.2, 0.25) is 5.91 Å². The largest absolute Gasteiger partial charge is 0.334 e. The number of halogens is 1. The minimum absolute atomic E-state index is 0. The fraction of sp³-hybridized carbons (Fsp3) is 0.455. The van der Waals surface area contributed by atoms with E-state index in [0.29, 0.717) is 17.7 Å². The Bertz CT molecular complexity index is 795. The van der Waals surface area contributed by atoms with Crippen molar-refractivity contribution >= 4 is 41.2 Å². The molecule has 1 fully saturated rings. The number of anilines is 1. The van der Waals surface area contributed by atoms with Crippen LogP contribution in [0.3, 0.4) is 0 Å². The van der Waals surface area contributed by atoms with Crippen molar-refractivity contribution in [2.45, 2.75) is 57.5 Å². The number of hydrogen-bond donors (Lipinski definition) is 2. The summed E-state index contributed by atoms with van der Waals surface area (Å²) in [5, 5.41) is 4.98. The highest BCUT2D eigenvalue weighted by atomic mass is 35.5. The fourth-order valence-corrected chi connectivity index (χ4v) is 4.50. The summed E-state index contributed by atoms with van der Waals surface area (Å²) in [5.41, 5.74) is 7.37. The highest BCUT2D eigenvalue weighted by molar-refractivity contribution is 7.09. The van der Waals surface area contributed by atoms with Gasteiger partial charge in [-0.05, 0) is 68.7 Å². The lowest BCUT2D eigenvalue weighted by molar-refractivity contribution is -0.116. The second kappa shape index (κ2) is 11.3. The Morgan fingerprint density at radius 3 is 2.83 bits per heavy atom. The summed E-state index contributed by atoms with van der Waals surface area (Å²) in [7, 11) is 0. The SMILES string of the molecule is CC(N)C1CCCCN1C(=O)c1cccc(NC(=O)CCCc2cccs2)c1.Cl. The van der Waals surface area contributed by atoms with E-state index >= 15 is 0 Å². The summed E-state index contributed by atoms with van der Waals surface area (Å²) in [4.78, 5) is 28.5. The minimum Gasteiger partial charge on any atom is -0.334 e. The van der Waals surface area contributed by atoms with Gasteiger partial charge in [0, 0.05) is 41.2 Å². The summed E-state index contributed by atoms with van der Waals surface area (Å²) < 4.78 is 0. The zero-order chi connectivity index (χ0) is 19.9. The van der Waals surface area contributed by atoms with Gasteiger partial charge < -0.3 is 16.0 Å². The molecule has 1 aliphatic rings. The van der Waals surface area contributed by atoms with Crippen LogP contribution in [-0.2, 0) is 11.2 Å². The quantitative estimate of drug-likeness (QED) is 0.673. The van der Waals surface area contributed by atoms with Gasteiger partial charge in [0.15, 0.2) is 0 Å². The Labute approximate surface area is 183 Å². The molecule has 2 heterocycles. The molecule has 0 spiro atoms. The summed E-state index contributed by atoms with van der Waals surface area (Å²) in [5.74, 6) is -0.0246. The van der Waals surface area contributed by atoms with Gasteiger partial charge in [-0.2, -0.15) is 0 Å². The van der Waals surface area contributed by atoms with E-state index in [1.54, 1.807) is 17.4 Å². The fourth-order valence-electron chi connectivity index (χ4n) is 3.75. The highest BCUT2D eigenvalue weighted by Gasteiger charge is 2.29. The number of hydrogen-bond acceptors (Lipinski definition) is 4. The molecule has 0 bridgehead atoms. The molecule has 2 amide bonds. The molecular weight excluding hydrogens is 406 g/mol. The molecule has 1 aromatic heterocycles. The number of nitrogens with two attached hydrogens (primary N) is 1. The molecule has 3 rings (SSSR count). The minimum atomic E-state index is -0.0459. The summed E-state index contributed by atoms with van der Waals surface area (Å²) in [6.45, 7) is 2.70. The first-order chi connectivity index (χ1) is 13.5. The Morgan fingerprint density at radius 1 is 1.28 bits per heavy atom. The summed E-state index contributed by atoms with van der Waals surface area (Å²) in [6, 6.07) is 11.4. The van der Waals surface area contributed by atoms with E-state index in [0.717, 1.165) is 38.6 Å². The number of thiophene rings is 1. The van der Waals surface area contributed by atoms with Crippen LogP contribution in [0.4, 0.5) is 5.69 Å². The molecule has 5 nitrogen and oxygen atoms in total. The van der Waals surface area contributed by atoms with Crippen molar-refractivity contribution < 1.29 is 9.59 Å². The van der Waals surface area contributed by atoms with Crippen molar-refractivity contribution in [1.29, 1.82) is 0 Å². The monoisotopic (exact) mass is 435 g/mol. The molecule has 1 aliphatic heterocycles. The number of aryl methyl sites for hydroxylation is 1. The Balaban J connectivity index is 0.00000300. The van der Waals surface area contributed by atoms with Crippen LogP contribution in [0.2, 0.25) is 0 Å². The number of nitrogens with zero attached hydrogens (tertiary/aromatic N) is 1. The van der Waals surface area contributed by atoms with Crippen LogP contribution in [0.25, 0.3) is 0 Å². The third kappa shape index (κ3) is 6.56. The van der Waals surface area contributed by atoms with Gasteiger partial charge in [-0.25, -0.2) is 0 Å². The predicted molar refractivity (Wildman–Crippen MR) is 122 cm³/mol. The van der Waals surface area contributed by atoms with Crippen LogP contribution < -0.4 is 11.1 Å². The molecule has 29 heavy (non-hydrogen) atoms. The van der Waals surface area contributed by atoms with Crippen molar-refractivity contribution in [2.75, 3.05) is 11.9 Å². The van der Waals surface area contributed by atoms with Gasteiger partial charge in [0.1, 0.15) is 0 Å². The number of carbonyl (C=O) groups excluding carboxylic acids is 2. The Kier molecular flexibility index (Phi) is 9.14. The molecule has 0 aliphatic carbocycles. The average molecular weight is 436 g/mol. The molecule has 1 aromatic carbocycles. The number of benzene rings is 1. The molecule has 3 N–H and O–H groups in total. The van der Waals surface area contributed by atoms with E-state index in [4.69, 9.17) is 5.73 Å². The maximum absolute atomic E-state index is 13.0. The molecular formula is C22H30ClN3O2S. The number of nitrogens with one attached hydrogen (secondary N) is 1. The third-order valence-corrected chi connectivity index (χ3v) is 6.15. The van der Waals surface area contributed by atoms with Gasteiger partial charge in [0.25, 0.3) is 5.91 Å². The van der Waals surface area contributed by atoms with Crippen molar-refractivity contribution in [2.24, 2.45) is 5.73 Å². The highest BCUT2D eigenvalue weighted by Crippen LogP contribution is 2.23. The van der Waals surface area contributed by atoms with E-state index in [1.165, 1.54) is 4.88 Å². The molecule has 1 saturated heterocycles. The normalized spacial score (nSPS) is 17.3. The van der Waals surface area contributed by atoms with Crippen LogP contribution in [-0.4, -0.2) is 35.3 Å². The lowest BCUT2D eigenvalue weighted by Crippen LogP contribution is -2.51. The van der Waals surface area contributed by atoms with Crippen LogP contribution in [0.5, 0.6) is 0 Å². The zero-order valence-corrected chi connectivity index (χ0v) is 18.4. The maximum Gasteiger partial charge on any atom is 0.254 e. The molecule has 2 unspecified atom stereocenters. The number of piperidine rings is 1. The maximum atomic E-state index is 13.0. The topological polar surface area (TPSA) is 75.4 Å². The van der Waals surface area contributed by atoms with Crippen LogP contribution >= 0.6 is 23.7 Å². The lowest BCUT2D eigenvalue weighted by Gasteiger charge is -2.38. The zero-order valence-electron chi connectivity index (χ0n) is 16.8. The van der Waals surface area contributed by atoms with E-state index in [-0.39, 0.29) is 36.3 Å². The van der Waals surface area contributed by atoms with Gasteiger partial charge in [-0.1, -0.05) is 12.1 Å². The number of rotatable bonds is 7. The van der Waals surface area contributed by atoms with E-state index in [9.17, 15) is 9.59 Å². The van der Waals surface area contributed by atoms with Crippen molar-refractivity contribution in [3.8, 4) is 0 Å². The smallest absolute Gasteiger partial charge is 0.254 e. The summed E-state index contributed by atoms with van der Waals surface area (Å²) >= 11 is 1.72. The number of carbonyl (C=O) groups is 2. The third-order valence-electron chi connectivity index (χ3n) is 5.22. The van der Waals surface area contributed by atoms with Gasteiger partial charge in [-0.3, -0.25) is 9.59 Å². The van der Waals surface area contributed by atoms with Gasteiger partial charge >= 0.3 is 0 Å². The van der Waals surface area contributed by atoms with E-state index in [2.05, 4.69) is 16.8 Å². The van der Waals surface area contributed by atoms with Crippen LogP contribution in [0.15, 0.2) is 41.8 Å². The molecule has 0 radical (unpaired) electrons. The number of likely N-dealkylation sites (tertiary alicyclic amines) is 1. The number of amides is 2. The molecule has 2 aromatic rings. The first-order valence-electron chi connectivity index (χ1n) is 10.0. The van der Waals surface area contributed by atoms with Crippen molar-refractivity contribution in [3.05, 3.63) is 52.2 Å². The molecule has 158 valence electrons. The summed E-state index contributed by atoms with van der Waals surface area (Å²) in [6.07, 6.45) is 5.26. The molecule has 7 heteroatoms.